The fourth-order valence-corrected chi connectivity index (χ4v) is 2.01. The summed E-state index contributed by atoms with van der Waals surface area (Å²) in [5.74, 6) is 0. The van der Waals surface area contributed by atoms with Crippen molar-refractivity contribution in [3.05, 3.63) is 35.4 Å². The first-order valence-electron chi connectivity index (χ1n) is 7.75. The predicted octanol–water partition coefficient (Wildman–Crippen LogP) is 4.11. The van der Waals surface area contributed by atoms with Crippen molar-refractivity contribution in [3.63, 3.8) is 0 Å². The molecule has 112 valence electrons. The number of rotatable bonds is 8. The first-order chi connectivity index (χ1) is 9.67. The molecule has 0 radical (unpaired) electrons. The lowest BCUT2D eigenvalue weighted by Gasteiger charge is -2.22. The van der Waals surface area contributed by atoms with Gasteiger partial charge < -0.3 is 10.2 Å². The van der Waals surface area contributed by atoms with Gasteiger partial charge in [-0.25, -0.2) is 4.79 Å². The normalized spacial score (nSPS) is 10.3. The van der Waals surface area contributed by atoms with E-state index < -0.39 is 0 Å². The van der Waals surface area contributed by atoms with Gasteiger partial charge >= 0.3 is 6.03 Å². The highest BCUT2D eigenvalue weighted by molar-refractivity contribution is 5.74. The van der Waals surface area contributed by atoms with Gasteiger partial charge in [-0.1, -0.05) is 56.5 Å². The Balaban J connectivity index is 2.45. The number of hydrogen-bond donors (Lipinski definition) is 1. The SMILES string of the molecule is CCCCN(CCCC)C(=O)NCc1ccc(C)cc1. The number of hydrogen-bond acceptors (Lipinski definition) is 1. The number of nitrogens with zero attached hydrogens (tertiary/aromatic N) is 1. The Morgan fingerprint density at radius 2 is 1.60 bits per heavy atom. The lowest BCUT2D eigenvalue weighted by atomic mass is 10.1. The maximum atomic E-state index is 12.2. The van der Waals surface area contributed by atoms with E-state index in [1.54, 1.807) is 0 Å². The molecular formula is C17H28N2O. The second-order valence-corrected chi connectivity index (χ2v) is 5.34. The Morgan fingerprint density at radius 3 is 2.10 bits per heavy atom. The van der Waals surface area contributed by atoms with Crippen LogP contribution in [0.5, 0.6) is 0 Å². The molecule has 0 fully saturated rings. The van der Waals surface area contributed by atoms with E-state index in [9.17, 15) is 4.79 Å². The van der Waals surface area contributed by atoms with E-state index in [1.807, 2.05) is 4.90 Å². The first-order valence-corrected chi connectivity index (χ1v) is 7.75. The van der Waals surface area contributed by atoms with Crippen LogP contribution in [0, 0.1) is 6.92 Å². The highest BCUT2D eigenvalue weighted by Crippen LogP contribution is 2.04. The van der Waals surface area contributed by atoms with E-state index >= 15 is 0 Å². The monoisotopic (exact) mass is 276 g/mol. The lowest BCUT2D eigenvalue weighted by Crippen LogP contribution is -2.40. The van der Waals surface area contributed by atoms with Crippen molar-refractivity contribution in [1.82, 2.24) is 10.2 Å². The van der Waals surface area contributed by atoms with Crippen molar-refractivity contribution in [2.45, 2.75) is 53.0 Å². The number of amides is 2. The highest BCUT2D eigenvalue weighted by atomic mass is 16.2. The van der Waals surface area contributed by atoms with Crippen molar-refractivity contribution in [1.29, 1.82) is 0 Å². The molecule has 0 unspecified atom stereocenters. The molecule has 2 amide bonds. The minimum Gasteiger partial charge on any atom is -0.334 e. The topological polar surface area (TPSA) is 32.3 Å². The maximum Gasteiger partial charge on any atom is 0.317 e. The molecule has 1 rings (SSSR count). The molecule has 1 aromatic carbocycles. The summed E-state index contributed by atoms with van der Waals surface area (Å²) in [5, 5.41) is 3.02. The van der Waals surface area contributed by atoms with Crippen molar-refractivity contribution in [2.24, 2.45) is 0 Å². The van der Waals surface area contributed by atoms with Crippen LogP contribution in [0.1, 0.15) is 50.7 Å². The van der Waals surface area contributed by atoms with Crippen LogP contribution < -0.4 is 5.32 Å². The average molecular weight is 276 g/mol. The molecule has 0 heterocycles. The Labute approximate surface area is 123 Å². The summed E-state index contributed by atoms with van der Waals surface area (Å²) in [6.07, 6.45) is 4.38. The molecule has 0 aliphatic rings. The molecule has 3 nitrogen and oxygen atoms in total. The van der Waals surface area contributed by atoms with Crippen LogP contribution in [0.15, 0.2) is 24.3 Å². The molecule has 0 atom stereocenters. The Morgan fingerprint density at radius 1 is 1.05 bits per heavy atom. The third-order valence-corrected chi connectivity index (χ3v) is 3.41. The van der Waals surface area contributed by atoms with Gasteiger partial charge in [0.05, 0.1) is 0 Å². The van der Waals surface area contributed by atoms with Crippen molar-refractivity contribution in [2.75, 3.05) is 13.1 Å². The van der Waals surface area contributed by atoms with Gasteiger partial charge in [-0.05, 0) is 25.3 Å². The molecule has 0 aliphatic carbocycles. The van der Waals surface area contributed by atoms with Crippen LogP contribution in [0.3, 0.4) is 0 Å². The quantitative estimate of drug-likeness (QED) is 0.761. The molecule has 0 aliphatic heterocycles. The summed E-state index contributed by atoms with van der Waals surface area (Å²) < 4.78 is 0. The van der Waals surface area contributed by atoms with E-state index in [0.29, 0.717) is 6.54 Å². The van der Waals surface area contributed by atoms with Gasteiger partial charge in [-0.15, -0.1) is 0 Å². The number of urea groups is 1. The molecule has 1 N–H and O–H groups in total. The molecule has 0 bridgehead atoms. The summed E-state index contributed by atoms with van der Waals surface area (Å²) in [7, 11) is 0. The molecule has 0 aromatic heterocycles. The zero-order valence-electron chi connectivity index (χ0n) is 13.1. The van der Waals surface area contributed by atoms with Crippen LogP contribution in [-0.2, 0) is 6.54 Å². The lowest BCUT2D eigenvalue weighted by molar-refractivity contribution is 0.195. The second-order valence-electron chi connectivity index (χ2n) is 5.34. The number of carbonyl (C=O) groups is 1. The molecule has 0 saturated heterocycles. The van der Waals surface area contributed by atoms with Gasteiger partial charge in [-0.3, -0.25) is 0 Å². The molecule has 0 saturated carbocycles. The summed E-state index contributed by atoms with van der Waals surface area (Å²) in [4.78, 5) is 14.2. The molecule has 3 heteroatoms. The molecule has 0 spiro atoms. The first kappa shape index (κ1) is 16.5. The van der Waals surface area contributed by atoms with Gasteiger partial charge in [0.15, 0.2) is 0 Å². The van der Waals surface area contributed by atoms with E-state index in [1.165, 1.54) is 5.56 Å². The largest absolute Gasteiger partial charge is 0.334 e. The van der Waals surface area contributed by atoms with E-state index in [2.05, 4.69) is 50.4 Å². The fraction of sp³-hybridized carbons (Fsp3) is 0.588. The van der Waals surface area contributed by atoms with Crippen LogP contribution in [0.25, 0.3) is 0 Å². The molecule has 1 aromatic rings. The van der Waals surface area contributed by atoms with Gasteiger partial charge in [0, 0.05) is 19.6 Å². The fourth-order valence-electron chi connectivity index (χ4n) is 2.01. The number of unbranched alkanes of at least 4 members (excludes halogenated alkanes) is 2. The highest BCUT2D eigenvalue weighted by Gasteiger charge is 2.11. The smallest absolute Gasteiger partial charge is 0.317 e. The van der Waals surface area contributed by atoms with Gasteiger partial charge in [0.2, 0.25) is 0 Å². The van der Waals surface area contributed by atoms with Crippen LogP contribution >= 0.6 is 0 Å². The second kappa shape index (κ2) is 9.40. The predicted molar refractivity (Wildman–Crippen MR) is 84.8 cm³/mol. The summed E-state index contributed by atoms with van der Waals surface area (Å²) in [6.45, 7) is 8.70. The van der Waals surface area contributed by atoms with Crippen LogP contribution in [0.4, 0.5) is 4.79 Å². The number of benzene rings is 1. The van der Waals surface area contributed by atoms with Crippen molar-refractivity contribution in [3.8, 4) is 0 Å². The Bertz CT molecular complexity index is 378. The maximum absolute atomic E-state index is 12.2. The third-order valence-electron chi connectivity index (χ3n) is 3.41. The molecule has 20 heavy (non-hydrogen) atoms. The zero-order valence-corrected chi connectivity index (χ0v) is 13.1. The number of aryl methyl sites for hydroxylation is 1. The van der Waals surface area contributed by atoms with Gasteiger partial charge in [-0.2, -0.15) is 0 Å². The minimum absolute atomic E-state index is 0.0625. The third kappa shape index (κ3) is 6.09. The number of carbonyl (C=O) groups excluding carboxylic acids is 1. The van der Waals surface area contributed by atoms with Crippen LogP contribution in [0.2, 0.25) is 0 Å². The minimum atomic E-state index is 0.0625. The standard InChI is InChI=1S/C17H28N2O/c1-4-6-12-19(13-7-5-2)17(20)18-14-16-10-8-15(3)9-11-16/h8-11H,4-7,12-14H2,1-3H3,(H,18,20). The summed E-state index contributed by atoms with van der Waals surface area (Å²) in [5.41, 5.74) is 2.39. The van der Waals surface area contributed by atoms with E-state index in [4.69, 9.17) is 0 Å². The van der Waals surface area contributed by atoms with Gasteiger partial charge in [0.1, 0.15) is 0 Å². The number of nitrogens with one attached hydrogen (secondary N) is 1. The molecular weight excluding hydrogens is 248 g/mol. The Hall–Kier alpha value is -1.51. The van der Waals surface area contributed by atoms with Gasteiger partial charge in [0.25, 0.3) is 0 Å². The average Bonchev–Trinajstić information content (AvgIpc) is 2.46. The zero-order chi connectivity index (χ0) is 14.8. The van der Waals surface area contributed by atoms with Crippen molar-refractivity contribution >= 4 is 6.03 Å². The van der Waals surface area contributed by atoms with Crippen LogP contribution in [-0.4, -0.2) is 24.0 Å². The van der Waals surface area contributed by atoms with Crippen molar-refractivity contribution < 1.29 is 4.79 Å². The van der Waals surface area contributed by atoms with E-state index in [-0.39, 0.29) is 6.03 Å². The summed E-state index contributed by atoms with van der Waals surface area (Å²) >= 11 is 0. The van der Waals surface area contributed by atoms with E-state index in [0.717, 1.165) is 44.3 Å². The summed E-state index contributed by atoms with van der Waals surface area (Å²) in [6, 6.07) is 8.35. The Kier molecular flexibility index (Phi) is 7.78.